The molecule has 5 heteroatoms. The van der Waals surface area contributed by atoms with Gasteiger partial charge in [0.15, 0.2) is 6.61 Å². The molecule has 0 spiro atoms. The number of phenols is 1. The summed E-state index contributed by atoms with van der Waals surface area (Å²) >= 11 is 0. The summed E-state index contributed by atoms with van der Waals surface area (Å²) in [6, 6.07) is 6.05. The van der Waals surface area contributed by atoms with Crippen molar-refractivity contribution in [2.75, 3.05) is 6.61 Å². The van der Waals surface area contributed by atoms with Gasteiger partial charge in [0.2, 0.25) is 0 Å². The number of phenolic OH excluding ortho intramolecular Hbond substituents is 1. The number of aromatic hydroxyl groups is 1. The highest BCUT2D eigenvalue weighted by Gasteiger charge is 2.53. The average Bonchev–Trinajstić information content (AvgIpc) is 2.58. The second-order valence-electron chi connectivity index (χ2n) is 8.70. The molecule has 5 rings (SSSR count). The van der Waals surface area contributed by atoms with Gasteiger partial charge in [-0.05, 0) is 86.8 Å². The van der Waals surface area contributed by atoms with Crippen molar-refractivity contribution in [2.24, 2.45) is 23.2 Å². The van der Waals surface area contributed by atoms with Crippen LogP contribution in [0.1, 0.15) is 55.8 Å². The Bertz CT molecular complexity index is 678. The Hall–Kier alpha value is -2.04. The van der Waals surface area contributed by atoms with E-state index in [1.807, 2.05) is 0 Å². The number of carbonyl (C=O) groups excluding carboxylic acids is 2. The predicted octanol–water partition coefficient (Wildman–Crippen LogP) is 3.27. The average molecular weight is 357 g/mol. The summed E-state index contributed by atoms with van der Waals surface area (Å²) in [5.41, 5.74) is 0.478. The third kappa shape index (κ3) is 3.31. The van der Waals surface area contributed by atoms with Crippen molar-refractivity contribution in [1.29, 1.82) is 0 Å². The molecule has 26 heavy (non-hydrogen) atoms. The van der Waals surface area contributed by atoms with Gasteiger partial charge in [0, 0.05) is 6.04 Å². The fraction of sp³-hybridized carbons (Fsp3) is 0.619. The maximum Gasteiger partial charge on any atom is 0.338 e. The zero-order valence-electron chi connectivity index (χ0n) is 15.2. The minimum Gasteiger partial charge on any atom is -0.508 e. The van der Waals surface area contributed by atoms with Crippen LogP contribution in [-0.2, 0) is 9.53 Å². The molecular weight excluding hydrogens is 330 g/mol. The van der Waals surface area contributed by atoms with Crippen molar-refractivity contribution in [3.8, 4) is 5.75 Å². The lowest BCUT2D eigenvalue weighted by Gasteiger charge is -2.59. The molecule has 4 aliphatic carbocycles. The maximum absolute atomic E-state index is 12.3. The third-order valence-electron chi connectivity index (χ3n) is 6.80. The fourth-order valence-corrected chi connectivity index (χ4v) is 5.99. The summed E-state index contributed by atoms with van der Waals surface area (Å²) in [5, 5.41) is 12.5. The van der Waals surface area contributed by atoms with E-state index in [4.69, 9.17) is 4.74 Å². The zero-order valence-corrected chi connectivity index (χ0v) is 15.2. The largest absolute Gasteiger partial charge is 0.508 e. The van der Waals surface area contributed by atoms with E-state index in [1.165, 1.54) is 50.7 Å². The lowest BCUT2D eigenvalue weighted by molar-refractivity contribution is -0.128. The fourth-order valence-electron chi connectivity index (χ4n) is 5.99. The molecule has 1 aromatic rings. The van der Waals surface area contributed by atoms with Crippen molar-refractivity contribution in [3.63, 3.8) is 0 Å². The van der Waals surface area contributed by atoms with Crippen LogP contribution in [0.2, 0.25) is 0 Å². The first kappa shape index (κ1) is 17.4. The van der Waals surface area contributed by atoms with Gasteiger partial charge >= 0.3 is 5.97 Å². The summed E-state index contributed by atoms with van der Waals surface area (Å²) in [4.78, 5) is 24.3. The molecule has 0 aliphatic heterocycles. The lowest BCUT2D eigenvalue weighted by Crippen LogP contribution is -2.56. The molecule has 0 saturated heterocycles. The number of nitrogens with one attached hydrogen (secondary N) is 1. The molecule has 4 bridgehead atoms. The summed E-state index contributed by atoms with van der Waals surface area (Å²) in [6.45, 7) is 1.83. The number of esters is 1. The first-order valence-electron chi connectivity index (χ1n) is 9.69. The highest BCUT2D eigenvalue weighted by Crippen LogP contribution is 2.61. The van der Waals surface area contributed by atoms with Crippen LogP contribution in [0.25, 0.3) is 0 Å². The summed E-state index contributed by atoms with van der Waals surface area (Å²) in [7, 11) is 0. The van der Waals surface area contributed by atoms with E-state index in [2.05, 4.69) is 12.2 Å². The van der Waals surface area contributed by atoms with E-state index >= 15 is 0 Å². The van der Waals surface area contributed by atoms with E-state index in [1.54, 1.807) is 12.1 Å². The Morgan fingerprint density at radius 1 is 1.19 bits per heavy atom. The van der Waals surface area contributed by atoms with Crippen LogP contribution in [0.4, 0.5) is 0 Å². The number of ether oxygens (including phenoxy) is 1. The molecule has 0 radical (unpaired) electrons. The van der Waals surface area contributed by atoms with Crippen LogP contribution in [0, 0.1) is 23.2 Å². The van der Waals surface area contributed by atoms with Crippen molar-refractivity contribution in [1.82, 2.24) is 5.32 Å². The maximum atomic E-state index is 12.3. The van der Waals surface area contributed by atoms with Gasteiger partial charge in [-0.25, -0.2) is 4.79 Å². The SMILES string of the molecule is C[C@@H](NC(=O)COC(=O)c1cccc(O)c1)C12CC3CC(CC(C3)C1)C2. The molecule has 1 amide bonds. The van der Waals surface area contributed by atoms with Gasteiger partial charge in [-0.15, -0.1) is 0 Å². The summed E-state index contributed by atoms with van der Waals surface area (Å²) in [5.74, 6) is 1.66. The Labute approximate surface area is 154 Å². The van der Waals surface area contributed by atoms with Crippen molar-refractivity contribution >= 4 is 11.9 Å². The van der Waals surface area contributed by atoms with Gasteiger partial charge in [0.1, 0.15) is 5.75 Å². The Morgan fingerprint density at radius 2 is 1.81 bits per heavy atom. The van der Waals surface area contributed by atoms with Crippen molar-refractivity contribution in [2.45, 2.75) is 51.5 Å². The molecule has 4 fully saturated rings. The zero-order chi connectivity index (χ0) is 18.3. The quantitative estimate of drug-likeness (QED) is 0.793. The van der Waals surface area contributed by atoms with Crippen LogP contribution in [0.3, 0.4) is 0 Å². The van der Waals surface area contributed by atoms with Crippen LogP contribution in [-0.4, -0.2) is 29.6 Å². The first-order chi connectivity index (χ1) is 12.4. The number of hydrogen-bond acceptors (Lipinski definition) is 4. The Morgan fingerprint density at radius 3 is 2.38 bits per heavy atom. The minimum absolute atomic E-state index is 0.000611. The normalized spacial score (nSPS) is 32.9. The molecule has 2 N–H and O–H groups in total. The summed E-state index contributed by atoms with van der Waals surface area (Å²) in [6.07, 6.45) is 7.81. The van der Waals surface area contributed by atoms with E-state index in [9.17, 15) is 14.7 Å². The number of carbonyl (C=O) groups is 2. The summed E-state index contributed by atoms with van der Waals surface area (Å²) < 4.78 is 5.10. The van der Waals surface area contributed by atoms with Crippen molar-refractivity contribution < 1.29 is 19.4 Å². The lowest BCUT2D eigenvalue weighted by atomic mass is 9.48. The van der Waals surface area contributed by atoms with E-state index < -0.39 is 5.97 Å². The van der Waals surface area contributed by atoms with Gasteiger partial charge in [-0.3, -0.25) is 4.79 Å². The van der Waals surface area contributed by atoms with E-state index in [0.29, 0.717) is 0 Å². The van der Waals surface area contributed by atoms with Gasteiger partial charge in [-0.1, -0.05) is 6.07 Å². The van der Waals surface area contributed by atoms with Gasteiger partial charge in [0.05, 0.1) is 5.56 Å². The topological polar surface area (TPSA) is 75.6 Å². The van der Waals surface area contributed by atoms with Gasteiger partial charge < -0.3 is 15.2 Å². The van der Waals surface area contributed by atoms with Crippen molar-refractivity contribution in [3.05, 3.63) is 29.8 Å². The molecule has 0 unspecified atom stereocenters. The second-order valence-corrected chi connectivity index (χ2v) is 8.70. The minimum atomic E-state index is -0.599. The molecule has 140 valence electrons. The highest BCUT2D eigenvalue weighted by molar-refractivity contribution is 5.91. The van der Waals surface area contributed by atoms with E-state index in [0.717, 1.165) is 17.8 Å². The predicted molar refractivity (Wildman–Crippen MR) is 96.6 cm³/mol. The molecule has 0 aromatic heterocycles. The standard InChI is InChI=1S/C21H27NO4/c1-13(21-9-14-5-15(10-21)7-16(6-14)11-21)22-19(24)12-26-20(25)17-3-2-4-18(23)8-17/h2-4,8,13-16,23H,5-7,9-12H2,1H3,(H,22,24)/t13-,14?,15?,16?,21?/m1/s1. The third-order valence-corrected chi connectivity index (χ3v) is 6.80. The molecule has 4 saturated carbocycles. The number of hydrogen-bond donors (Lipinski definition) is 2. The second kappa shape index (κ2) is 6.60. The number of amides is 1. The van der Waals surface area contributed by atoms with Crippen LogP contribution in [0.5, 0.6) is 5.75 Å². The Balaban J connectivity index is 1.31. The highest BCUT2D eigenvalue weighted by atomic mass is 16.5. The molecule has 5 nitrogen and oxygen atoms in total. The number of rotatable bonds is 5. The van der Waals surface area contributed by atoms with E-state index in [-0.39, 0.29) is 35.3 Å². The molecular formula is C21H27NO4. The first-order valence-corrected chi connectivity index (χ1v) is 9.69. The van der Waals surface area contributed by atoms with Crippen LogP contribution >= 0.6 is 0 Å². The monoisotopic (exact) mass is 357 g/mol. The molecule has 4 aliphatic rings. The Kier molecular flexibility index (Phi) is 4.41. The molecule has 0 heterocycles. The number of benzene rings is 1. The molecule has 1 aromatic carbocycles. The van der Waals surface area contributed by atoms with Gasteiger partial charge in [-0.2, -0.15) is 0 Å². The van der Waals surface area contributed by atoms with Gasteiger partial charge in [0.25, 0.3) is 5.91 Å². The smallest absolute Gasteiger partial charge is 0.338 e. The van der Waals surface area contributed by atoms with Crippen LogP contribution < -0.4 is 5.32 Å². The van der Waals surface area contributed by atoms with Crippen LogP contribution in [0.15, 0.2) is 24.3 Å². The molecule has 1 atom stereocenters.